The van der Waals surface area contributed by atoms with Crippen LogP contribution in [-0.2, 0) is 39.0 Å². The number of nitrogens with one attached hydrogen (secondary N) is 1. The van der Waals surface area contributed by atoms with E-state index in [9.17, 15) is 18.0 Å². The molecule has 0 fully saturated rings. The van der Waals surface area contributed by atoms with Gasteiger partial charge < -0.3 is 10.2 Å². The Morgan fingerprint density at radius 3 is 2.04 bits per heavy atom. The van der Waals surface area contributed by atoms with Gasteiger partial charge in [0.25, 0.3) is 10.0 Å². The zero-order valence-electron chi connectivity index (χ0n) is 26.2. The molecule has 4 aromatic rings. The van der Waals surface area contributed by atoms with E-state index >= 15 is 0 Å². The largest absolute Gasteiger partial charge is 0.352 e. The maximum Gasteiger partial charge on any atom is 0.264 e. The van der Waals surface area contributed by atoms with Crippen molar-refractivity contribution in [1.29, 1.82) is 0 Å². The SMILES string of the molecule is CCc1ccc(N(CC(=O)N(Cc2ccc(Cl)cc2Cl)C(Cc2ccccc2)C(=O)NC(C)CC)S(=O)(=O)c2ccccc2)cc1. The average molecular weight is 681 g/mol. The topological polar surface area (TPSA) is 86.8 Å². The predicted octanol–water partition coefficient (Wildman–Crippen LogP) is 7.31. The molecule has 4 rings (SSSR count). The Hall–Kier alpha value is -3.85. The van der Waals surface area contributed by atoms with Gasteiger partial charge in [0.1, 0.15) is 12.6 Å². The Kier molecular flexibility index (Phi) is 12.3. The van der Waals surface area contributed by atoms with Crippen LogP contribution in [0.4, 0.5) is 5.69 Å². The molecule has 0 bridgehead atoms. The van der Waals surface area contributed by atoms with Crippen LogP contribution in [0.1, 0.15) is 43.9 Å². The Labute approximate surface area is 282 Å². The van der Waals surface area contributed by atoms with Gasteiger partial charge in [-0.05, 0) is 72.9 Å². The van der Waals surface area contributed by atoms with Gasteiger partial charge in [-0.1, -0.05) is 104 Å². The molecule has 10 heteroatoms. The van der Waals surface area contributed by atoms with Gasteiger partial charge >= 0.3 is 0 Å². The molecule has 0 saturated carbocycles. The van der Waals surface area contributed by atoms with Crippen molar-refractivity contribution in [3.63, 3.8) is 0 Å². The maximum atomic E-state index is 14.6. The number of aryl methyl sites for hydroxylation is 1. The van der Waals surface area contributed by atoms with Gasteiger partial charge in [-0.3, -0.25) is 13.9 Å². The standard InChI is InChI=1S/C36H39Cl2N3O4S/c1-4-26(3)39-36(43)34(22-28-12-8-6-9-13-28)40(24-29-18-19-30(37)23-33(29)38)35(42)25-41(31-20-16-27(5-2)17-21-31)46(44,45)32-14-10-7-11-15-32/h6-21,23,26,34H,4-5,22,24-25H2,1-3H3,(H,39,43). The van der Waals surface area contributed by atoms with Crippen LogP contribution in [0.3, 0.4) is 0 Å². The van der Waals surface area contributed by atoms with E-state index in [4.69, 9.17) is 23.2 Å². The number of rotatable bonds is 14. The first-order valence-corrected chi connectivity index (χ1v) is 17.5. The summed E-state index contributed by atoms with van der Waals surface area (Å²) < 4.78 is 29.3. The second-order valence-electron chi connectivity index (χ2n) is 11.1. The molecule has 0 radical (unpaired) electrons. The highest BCUT2D eigenvalue weighted by Gasteiger charge is 2.35. The van der Waals surface area contributed by atoms with Crippen molar-refractivity contribution in [2.45, 2.75) is 63.6 Å². The summed E-state index contributed by atoms with van der Waals surface area (Å²) in [5.41, 5.74) is 2.77. The van der Waals surface area contributed by atoms with Gasteiger partial charge in [0.2, 0.25) is 11.8 Å². The quantitative estimate of drug-likeness (QED) is 0.151. The lowest BCUT2D eigenvalue weighted by molar-refractivity contribution is -0.140. The number of sulfonamides is 1. The molecule has 1 N–H and O–H groups in total. The smallest absolute Gasteiger partial charge is 0.264 e. The molecular formula is C36H39Cl2N3O4S. The number of benzene rings is 4. The van der Waals surface area contributed by atoms with Gasteiger partial charge in [-0.15, -0.1) is 0 Å². The molecule has 0 aliphatic rings. The summed E-state index contributed by atoms with van der Waals surface area (Å²) in [6.45, 7) is 5.27. The van der Waals surface area contributed by atoms with Gasteiger partial charge in [-0.2, -0.15) is 0 Å². The molecule has 0 aromatic heterocycles. The van der Waals surface area contributed by atoms with Crippen molar-refractivity contribution < 1.29 is 18.0 Å². The fourth-order valence-electron chi connectivity index (χ4n) is 4.97. The van der Waals surface area contributed by atoms with E-state index in [1.54, 1.807) is 48.5 Å². The Morgan fingerprint density at radius 2 is 1.46 bits per heavy atom. The van der Waals surface area contributed by atoms with Crippen LogP contribution >= 0.6 is 23.2 Å². The number of amides is 2. The van der Waals surface area contributed by atoms with E-state index < -0.39 is 28.5 Å². The Morgan fingerprint density at radius 1 is 0.826 bits per heavy atom. The van der Waals surface area contributed by atoms with Crippen LogP contribution in [0, 0.1) is 0 Å². The summed E-state index contributed by atoms with van der Waals surface area (Å²) in [5.74, 6) is -0.910. The zero-order valence-corrected chi connectivity index (χ0v) is 28.5. The third-order valence-corrected chi connectivity index (χ3v) is 10.2. The van der Waals surface area contributed by atoms with E-state index in [1.165, 1.54) is 17.0 Å². The fourth-order valence-corrected chi connectivity index (χ4v) is 6.88. The second kappa shape index (κ2) is 16.1. The summed E-state index contributed by atoms with van der Waals surface area (Å²) >= 11 is 12.8. The molecule has 0 heterocycles. The fraction of sp³-hybridized carbons (Fsp3) is 0.278. The highest BCUT2D eigenvalue weighted by Crippen LogP contribution is 2.27. The number of hydrogen-bond donors (Lipinski definition) is 1. The summed E-state index contributed by atoms with van der Waals surface area (Å²) in [7, 11) is -4.17. The molecule has 4 aromatic carbocycles. The first kappa shape index (κ1) is 35.0. The lowest BCUT2D eigenvalue weighted by Crippen LogP contribution is -2.54. The van der Waals surface area contributed by atoms with Crippen molar-refractivity contribution >= 4 is 50.7 Å². The summed E-state index contributed by atoms with van der Waals surface area (Å²) in [5, 5.41) is 3.79. The third-order valence-electron chi connectivity index (χ3n) is 7.87. The predicted molar refractivity (Wildman–Crippen MR) is 186 cm³/mol. The van der Waals surface area contributed by atoms with E-state index in [1.807, 2.05) is 63.2 Å². The van der Waals surface area contributed by atoms with Crippen LogP contribution in [0.25, 0.3) is 0 Å². The van der Waals surface area contributed by atoms with Crippen LogP contribution in [0.5, 0.6) is 0 Å². The maximum absolute atomic E-state index is 14.6. The minimum atomic E-state index is -4.17. The van der Waals surface area contributed by atoms with Gasteiger partial charge in [0.15, 0.2) is 0 Å². The van der Waals surface area contributed by atoms with Crippen molar-refractivity contribution in [2.24, 2.45) is 0 Å². The number of carbonyl (C=O) groups excluding carboxylic acids is 2. The number of carbonyl (C=O) groups is 2. The van der Waals surface area contributed by atoms with E-state index in [0.29, 0.717) is 27.7 Å². The Bertz CT molecular complexity index is 1720. The molecule has 2 unspecified atom stereocenters. The molecule has 0 aliphatic heterocycles. The summed E-state index contributed by atoms with van der Waals surface area (Å²) in [6.07, 6.45) is 1.67. The second-order valence-corrected chi connectivity index (χ2v) is 13.8. The van der Waals surface area contributed by atoms with E-state index in [-0.39, 0.29) is 29.8 Å². The van der Waals surface area contributed by atoms with Crippen LogP contribution in [0.2, 0.25) is 10.0 Å². The van der Waals surface area contributed by atoms with Gasteiger partial charge in [-0.25, -0.2) is 8.42 Å². The van der Waals surface area contributed by atoms with Crippen molar-refractivity contribution in [3.05, 3.63) is 130 Å². The van der Waals surface area contributed by atoms with Crippen LogP contribution in [0.15, 0.2) is 108 Å². The average Bonchev–Trinajstić information content (AvgIpc) is 3.06. The van der Waals surface area contributed by atoms with Crippen LogP contribution < -0.4 is 9.62 Å². The van der Waals surface area contributed by atoms with Crippen LogP contribution in [-0.4, -0.2) is 43.8 Å². The molecule has 7 nitrogen and oxygen atoms in total. The van der Waals surface area contributed by atoms with E-state index in [2.05, 4.69) is 5.32 Å². The van der Waals surface area contributed by atoms with Crippen molar-refractivity contribution in [3.8, 4) is 0 Å². The number of anilines is 1. The zero-order chi connectivity index (χ0) is 33.3. The first-order valence-electron chi connectivity index (χ1n) is 15.3. The van der Waals surface area contributed by atoms with E-state index in [0.717, 1.165) is 21.9 Å². The molecular weight excluding hydrogens is 641 g/mol. The molecule has 2 amide bonds. The lowest BCUT2D eigenvalue weighted by Gasteiger charge is -2.34. The highest BCUT2D eigenvalue weighted by molar-refractivity contribution is 7.92. The summed E-state index contributed by atoms with van der Waals surface area (Å²) in [4.78, 5) is 30.0. The molecule has 0 spiro atoms. The van der Waals surface area contributed by atoms with Crippen molar-refractivity contribution in [1.82, 2.24) is 10.2 Å². The number of halogens is 2. The molecule has 0 aliphatic carbocycles. The Balaban J connectivity index is 1.82. The first-order chi connectivity index (χ1) is 22.0. The van der Waals surface area contributed by atoms with Gasteiger partial charge in [0.05, 0.1) is 10.6 Å². The number of hydrogen-bond acceptors (Lipinski definition) is 4. The molecule has 46 heavy (non-hydrogen) atoms. The monoisotopic (exact) mass is 679 g/mol. The minimum absolute atomic E-state index is 0.0463. The molecule has 242 valence electrons. The molecule has 2 atom stereocenters. The lowest BCUT2D eigenvalue weighted by atomic mass is 10.0. The molecule has 0 saturated heterocycles. The minimum Gasteiger partial charge on any atom is -0.352 e. The highest BCUT2D eigenvalue weighted by atomic mass is 35.5. The number of nitrogens with zero attached hydrogens (tertiary/aromatic N) is 2. The van der Waals surface area contributed by atoms with Gasteiger partial charge in [0, 0.05) is 29.1 Å². The van der Waals surface area contributed by atoms with Crippen molar-refractivity contribution in [2.75, 3.05) is 10.8 Å². The summed E-state index contributed by atoms with van der Waals surface area (Å²) in [6, 6.07) is 28.3. The normalized spacial score (nSPS) is 12.6. The third kappa shape index (κ3) is 8.90.